The van der Waals surface area contributed by atoms with E-state index in [9.17, 15) is 9.59 Å². The van der Waals surface area contributed by atoms with Gasteiger partial charge in [-0.15, -0.1) is 0 Å². The van der Waals surface area contributed by atoms with Crippen LogP contribution in [0.25, 0.3) is 22.5 Å². The number of nitrogens with one attached hydrogen (secondary N) is 2. The van der Waals surface area contributed by atoms with Crippen molar-refractivity contribution in [3.8, 4) is 0 Å². The van der Waals surface area contributed by atoms with Gasteiger partial charge in [0.2, 0.25) is 0 Å². The van der Waals surface area contributed by atoms with Gasteiger partial charge in [-0.05, 0) is 92.5 Å². The van der Waals surface area contributed by atoms with E-state index in [0.29, 0.717) is 34.4 Å². The molecule has 4 aliphatic carbocycles. The fourth-order valence-electron chi connectivity index (χ4n) is 7.54. The molecule has 0 fully saturated rings. The zero-order valence-corrected chi connectivity index (χ0v) is 27.5. The number of rotatable bonds is 4. The lowest BCUT2D eigenvalue weighted by Crippen LogP contribution is -2.21. The molecule has 2 amide bonds. The molecule has 230 valence electrons. The van der Waals surface area contributed by atoms with Crippen LogP contribution in [0.4, 0.5) is 0 Å². The van der Waals surface area contributed by atoms with Crippen molar-refractivity contribution in [2.45, 2.75) is 54.4 Å². The van der Waals surface area contributed by atoms with E-state index in [1.165, 1.54) is 44.5 Å². The Morgan fingerprint density at radius 3 is 1.37 bits per heavy atom. The smallest absolute Gasteiger partial charge is 0.258 e. The van der Waals surface area contributed by atoms with Gasteiger partial charge in [-0.3, -0.25) is 9.59 Å². The maximum absolute atomic E-state index is 13.5. The Bertz CT molecular complexity index is 1910. The van der Waals surface area contributed by atoms with Gasteiger partial charge in [0.1, 0.15) is 0 Å². The van der Waals surface area contributed by atoms with Crippen molar-refractivity contribution in [3.05, 3.63) is 141 Å². The van der Waals surface area contributed by atoms with Crippen LogP contribution < -0.4 is 10.6 Å². The number of hydrogen-bond donors (Lipinski definition) is 2. The zero-order chi connectivity index (χ0) is 32.1. The van der Waals surface area contributed by atoms with Gasteiger partial charge in [-0.25, -0.2) is 0 Å². The Labute approximate surface area is 271 Å². The summed E-state index contributed by atoms with van der Waals surface area (Å²) in [6.07, 6.45) is 20.1. The Kier molecular flexibility index (Phi) is 6.19. The molecule has 2 atom stereocenters. The minimum absolute atomic E-state index is 0.0269. The van der Waals surface area contributed by atoms with Gasteiger partial charge in [0, 0.05) is 10.8 Å². The topological polar surface area (TPSA) is 58.2 Å². The van der Waals surface area contributed by atoms with E-state index in [1.807, 2.05) is 12.1 Å². The third kappa shape index (κ3) is 4.19. The molecule has 0 saturated carbocycles. The molecule has 8 rings (SSSR count). The Morgan fingerprint density at radius 1 is 0.587 bits per heavy atom. The highest BCUT2D eigenvalue weighted by atomic mass is 16.2. The third-order valence-electron chi connectivity index (χ3n) is 11.5. The molecule has 46 heavy (non-hydrogen) atoms. The summed E-state index contributed by atoms with van der Waals surface area (Å²) >= 11 is 0. The van der Waals surface area contributed by atoms with Crippen LogP contribution in [0.5, 0.6) is 0 Å². The second-order valence-corrected chi connectivity index (χ2v) is 14.8. The average Bonchev–Trinajstić information content (AvgIpc) is 3.71. The predicted molar refractivity (Wildman–Crippen MR) is 187 cm³/mol. The van der Waals surface area contributed by atoms with E-state index >= 15 is 0 Å². The number of fused-ring (bicyclic) bond motifs is 5. The largest absolute Gasteiger partial charge is 0.321 e. The van der Waals surface area contributed by atoms with Crippen molar-refractivity contribution < 1.29 is 9.59 Å². The molecular weight excluding hydrogens is 564 g/mol. The van der Waals surface area contributed by atoms with Crippen LogP contribution in [0.1, 0.15) is 74.9 Å². The summed E-state index contributed by atoms with van der Waals surface area (Å²) < 4.78 is 0. The SMILES string of the molecule is CC(C)C1(C)C=CC2=C(C=C1)c1ccc(C3=C4C(=O)NC(c5ccc6c(c5)CC5=C6C=CC(C)(C(C)C)C=C5)=C4C(=O)N3)cc1C2. The standard InChI is InChI=1S/C42H40N2O2/c1-23(2)41(5)15-11-25-19-29-21-27(7-9-31(29)33(25)13-17-41)37-35-36(40(46)43-37)38(44-39(35)45)28-8-10-32-30(22-28)20-26-12-16-42(6,24(3)4)18-14-34(26)32/h7-18,21-24H,19-20H2,1-6H3,(H,43,46)(H,44,45). The van der Waals surface area contributed by atoms with Gasteiger partial charge in [0.25, 0.3) is 11.8 Å². The van der Waals surface area contributed by atoms with Gasteiger partial charge < -0.3 is 10.6 Å². The molecular formula is C42H40N2O2. The lowest BCUT2D eigenvalue weighted by Gasteiger charge is -2.26. The lowest BCUT2D eigenvalue weighted by atomic mass is 9.78. The number of allylic oxidation sites excluding steroid dienone is 12. The lowest BCUT2D eigenvalue weighted by molar-refractivity contribution is -0.117. The summed E-state index contributed by atoms with van der Waals surface area (Å²) in [6, 6.07) is 12.6. The molecule has 4 heteroatoms. The molecule has 0 saturated heterocycles. The summed E-state index contributed by atoms with van der Waals surface area (Å²) in [6.45, 7) is 13.6. The normalized spacial score (nSPS) is 25.7. The van der Waals surface area contributed by atoms with E-state index < -0.39 is 0 Å². The van der Waals surface area contributed by atoms with Crippen LogP contribution in [-0.2, 0) is 22.4 Å². The minimum Gasteiger partial charge on any atom is -0.321 e. The first-order valence-corrected chi connectivity index (χ1v) is 16.6. The van der Waals surface area contributed by atoms with Gasteiger partial charge in [-0.1, -0.05) is 114 Å². The van der Waals surface area contributed by atoms with Crippen molar-refractivity contribution in [2.24, 2.45) is 22.7 Å². The quantitative estimate of drug-likeness (QED) is 0.369. The Morgan fingerprint density at radius 2 is 0.978 bits per heavy atom. The molecule has 2 aromatic rings. The highest BCUT2D eigenvalue weighted by Crippen LogP contribution is 2.45. The number of hydrogen-bond acceptors (Lipinski definition) is 2. The van der Waals surface area contributed by atoms with Crippen molar-refractivity contribution in [2.75, 3.05) is 0 Å². The maximum atomic E-state index is 13.5. The molecule has 0 aromatic heterocycles. The molecule has 0 radical (unpaired) electrons. The predicted octanol–water partition coefficient (Wildman–Crippen LogP) is 8.26. The van der Waals surface area contributed by atoms with Gasteiger partial charge >= 0.3 is 0 Å². The van der Waals surface area contributed by atoms with Crippen molar-refractivity contribution in [3.63, 3.8) is 0 Å². The number of benzene rings is 2. The molecule has 2 heterocycles. The maximum Gasteiger partial charge on any atom is 0.258 e. The number of amides is 2. The average molecular weight is 605 g/mol. The molecule has 0 spiro atoms. The highest BCUT2D eigenvalue weighted by Gasteiger charge is 2.41. The Hall–Kier alpha value is -4.70. The van der Waals surface area contributed by atoms with E-state index in [2.05, 4.69) is 125 Å². The van der Waals surface area contributed by atoms with Gasteiger partial charge in [-0.2, -0.15) is 0 Å². The second-order valence-electron chi connectivity index (χ2n) is 14.8. The molecule has 2 N–H and O–H groups in total. The first-order valence-electron chi connectivity index (χ1n) is 16.6. The van der Waals surface area contributed by atoms with Crippen LogP contribution in [0.2, 0.25) is 0 Å². The summed E-state index contributed by atoms with van der Waals surface area (Å²) in [7, 11) is 0. The summed E-state index contributed by atoms with van der Waals surface area (Å²) in [4.78, 5) is 27.0. The molecule has 0 bridgehead atoms. The third-order valence-corrected chi connectivity index (χ3v) is 11.5. The molecule has 4 nitrogen and oxygen atoms in total. The number of carbonyl (C=O) groups excluding carboxylic acids is 2. The monoisotopic (exact) mass is 604 g/mol. The van der Waals surface area contributed by atoms with Gasteiger partial charge in [0.15, 0.2) is 0 Å². The molecule has 2 unspecified atom stereocenters. The van der Waals surface area contributed by atoms with Crippen LogP contribution in [-0.4, -0.2) is 11.8 Å². The van der Waals surface area contributed by atoms with Crippen molar-refractivity contribution >= 4 is 34.4 Å². The van der Waals surface area contributed by atoms with Gasteiger partial charge in [0.05, 0.1) is 22.5 Å². The fourth-order valence-corrected chi connectivity index (χ4v) is 7.54. The highest BCUT2D eigenvalue weighted by molar-refractivity contribution is 6.30. The summed E-state index contributed by atoms with van der Waals surface area (Å²) in [5, 5.41) is 6.12. The molecule has 2 aliphatic heterocycles. The first kappa shape index (κ1) is 28.8. The first-order chi connectivity index (χ1) is 22.0. The number of carbonyl (C=O) groups is 2. The van der Waals surface area contributed by atoms with E-state index in [1.54, 1.807) is 0 Å². The summed E-state index contributed by atoms with van der Waals surface area (Å²) in [5.74, 6) is 0.537. The van der Waals surface area contributed by atoms with E-state index in [4.69, 9.17) is 0 Å². The van der Waals surface area contributed by atoms with Crippen LogP contribution >= 0.6 is 0 Å². The van der Waals surface area contributed by atoms with E-state index in [-0.39, 0.29) is 22.6 Å². The zero-order valence-electron chi connectivity index (χ0n) is 27.5. The van der Waals surface area contributed by atoms with Crippen LogP contribution in [0.3, 0.4) is 0 Å². The molecule has 6 aliphatic rings. The fraction of sp³-hybridized carbons (Fsp3) is 0.286. The second kappa shape index (κ2) is 9.90. The van der Waals surface area contributed by atoms with Crippen LogP contribution in [0, 0.1) is 22.7 Å². The Balaban J connectivity index is 1.12. The van der Waals surface area contributed by atoms with E-state index in [0.717, 1.165) is 24.0 Å². The summed E-state index contributed by atoms with van der Waals surface area (Å²) in [5.41, 5.74) is 13.9. The van der Waals surface area contributed by atoms with Crippen molar-refractivity contribution in [1.29, 1.82) is 0 Å². The minimum atomic E-state index is -0.236. The van der Waals surface area contributed by atoms with Crippen molar-refractivity contribution in [1.82, 2.24) is 10.6 Å². The molecule has 2 aromatic carbocycles. The van der Waals surface area contributed by atoms with Crippen LogP contribution in [0.15, 0.2) is 107 Å².